The Morgan fingerprint density at radius 2 is 2.44 bits per heavy atom. The third-order valence-corrected chi connectivity index (χ3v) is 2.89. The highest BCUT2D eigenvalue weighted by atomic mass is 16.3. The average Bonchev–Trinajstić information content (AvgIpc) is 2.77. The molecule has 2 heterocycles. The van der Waals surface area contributed by atoms with Gasteiger partial charge in [-0.15, -0.1) is 0 Å². The summed E-state index contributed by atoms with van der Waals surface area (Å²) in [6.45, 7) is 1.05. The highest BCUT2D eigenvalue weighted by Crippen LogP contribution is 2.23. The van der Waals surface area contributed by atoms with Gasteiger partial charge in [-0.2, -0.15) is 0 Å². The predicted octanol–water partition coefficient (Wildman–Crippen LogP) is 0.327. The first kappa shape index (κ1) is 10.9. The highest BCUT2D eigenvalue weighted by molar-refractivity contribution is 5.93. The first-order chi connectivity index (χ1) is 7.72. The molecule has 0 bridgehead atoms. The van der Waals surface area contributed by atoms with Gasteiger partial charge in [0.15, 0.2) is 0 Å². The number of nitrogens with one attached hydrogen (secondary N) is 1. The van der Waals surface area contributed by atoms with E-state index in [9.17, 15) is 5.11 Å². The molecule has 16 heavy (non-hydrogen) atoms. The van der Waals surface area contributed by atoms with Gasteiger partial charge < -0.3 is 15.7 Å². The molecule has 0 spiro atoms. The predicted molar refractivity (Wildman–Crippen MR) is 62.7 cm³/mol. The van der Waals surface area contributed by atoms with Crippen molar-refractivity contribution in [2.24, 2.45) is 5.73 Å². The molecule has 1 aromatic heterocycles. The maximum atomic E-state index is 9.24. The molecule has 1 aliphatic rings. The van der Waals surface area contributed by atoms with Crippen LogP contribution in [0.25, 0.3) is 0 Å². The molecule has 0 saturated carbocycles. The molecule has 1 fully saturated rings. The van der Waals surface area contributed by atoms with Crippen molar-refractivity contribution in [3.05, 3.63) is 23.9 Å². The molecule has 1 atom stereocenters. The van der Waals surface area contributed by atoms with Gasteiger partial charge in [0, 0.05) is 6.54 Å². The van der Waals surface area contributed by atoms with Gasteiger partial charge in [-0.05, 0) is 25.0 Å². The lowest BCUT2D eigenvalue weighted by Gasteiger charge is -2.24. The summed E-state index contributed by atoms with van der Waals surface area (Å²) in [5, 5.41) is 16.6. The van der Waals surface area contributed by atoms with E-state index < -0.39 is 0 Å². The number of nitrogens with zero attached hydrogens (tertiary/aromatic N) is 2. The second-order valence-corrected chi connectivity index (χ2v) is 3.97. The summed E-state index contributed by atoms with van der Waals surface area (Å²) in [5.41, 5.74) is 5.89. The van der Waals surface area contributed by atoms with Crippen LogP contribution in [0.4, 0.5) is 5.82 Å². The average molecular weight is 220 g/mol. The van der Waals surface area contributed by atoms with E-state index in [2.05, 4.69) is 9.88 Å². The lowest BCUT2D eigenvalue weighted by Crippen LogP contribution is -2.33. The van der Waals surface area contributed by atoms with Gasteiger partial charge in [0.1, 0.15) is 17.3 Å². The van der Waals surface area contributed by atoms with Crippen LogP contribution in [0.5, 0.6) is 0 Å². The number of pyridine rings is 1. The van der Waals surface area contributed by atoms with Crippen molar-refractivity contribution < 1.29 is 5.11 Å². The third kappa shape index (κ3) is 1.99. The summed E-state index contributed by atoms with van der Waals surface area (Å²) < 4.78 is 0. The number of hydrogen-bond acceptors (Lipinski definition) is 4. The zero-order valence-corrected chi connectivity index (χ0v) is 9.06. The van der Waals surface area contributed by atoms with Crippen molar-refractivity contribution in [3.63, 3.8) is 0 Å². The molecule has 2 rings (SSSR count). The number of amidine groups is 1. The molecule has 0 radical (unpaired) electrons. The largest absolute Gasteiger partial charge is 0.394 e. The fourth-order valence-electron chi connectivity index (χ4n) is 2.06. The Morgan fingerprint density at radius 3 is 3.12 bits per heavy atom. The maximum Gasteiger partial charge on any atom is 0.141 e. The second-order valence-electron chi connectivity index (χ2n) is 3.97. The van der Waals surface area contributed by atoms with Crippen LogP contribution in [-0.2, 0) is 0 Å². The minimum Gasteiger partial charge on any atom is -0.394 e. The molecule has 0 amide bonds. The van der Waals surface area contributed by atoms with E-state index in [-0.39, 0.29) is 18.5 Å². The van der Waals surface area contributed by atoms with E-state index >= 15 is 0 Å². The summed E-state index contributed by atoms with van der Waals surface area (Å²) >= 11 is 0. The monoisotopic (exact) mass is 220 g/mol. The van der Waals surface area contributed by atoms with E-state index in [1.807, 2.05) is 12.1 Å². The molecular weight excluding hydrogens is 204 g/mol. The number of aromatic nitrogens is 1. The molecular formula is C11H16N4O. The molecule has 0 aliphatic carbocycles. The molecule has 1 aliphatic heterocycles. The number of rotatable bonds is 3. The Bertz CT molecular complexity index is 393. The molecule has 1 aromatic rings. The summed E-state index contributed by atoms with van der Waals surface area (Å²) in [4.78, 5) is 6.39. The van der Waals surface area contributed by atoms with Gasteiger partial charge in [-0.25, -0.2) is 4.98 Å². The van der Waals surface area contributed by atoms with Crippen molar-refractivity contribution in [1.29, 1.82) is 5.41 Å². The van der Waals surface area contributed by atoms with E-state index in [1.165, 1.54) is 0 Å². The first-order valence-corrected chi connectivity index (χ1v) is 5.41. The Hall–Kier alpha value is -1.62. The first-order valence-electron chi connectivity index (χ1n) is 5.41. The van der Waals surface area contributed by atoms with Crippen LogP contribution in [0.15, 0.2) is 18.2 Å². The van der Waals surface area contributed by atoms with Crippen LogP contribution in [0, 0.1) is 5.41 Å². The van der Waals surface area contributed by atoms with Gasteiger partial charge in [-0.3, -0.25) is 5.41 Å². The summed E-state index contributed by atoms with van der Waals surface area (Å²) in [5.74, 6) is 0.769. The Morgan fingerprint density at radius 1 is 1.62 bits per heavy atom. The number of nitrogen functional groups attached to an aromatic ring is 1. The van der Waals surface area contributed by atoms with Crippen LogP contribution in [0.1, 0.15) is 18.5 Å². The molecule has 1 saturated heterocycles. The Balaban J connectivity index is 2.26. The van der Waals surface area contributed by atoms with Crippen molar-refractivity contribution in [3.8, 4) is 0 Å². The van der Waals surface area contributed by atoms with E-state index in [0.29, 0.717) is 5.69 Å². The quantitative estimate of drug-likeness (QED) is 0.506. The third-order valence-electron chi connectivity index (χ3n) is 2.89. The normalized spacial score (nSPS) is 20.1. The topological polar surface area (TPSA) is 86.2 Å². The fourth-order valence-corrected chi connectivity index (χ4v) is 2.06. The van der Waals surface area contributed by atoms with Crippen molar-refractivity contribution >= 4 is 11.7 Å². The van der Waals surface area contributed by atoms with Crippen molar-refractivity contribution in [2.75, 3.05) is 18.1 Å². The van der Waals surface area contributed by atoms with E-state index in [4.69, 9.17) is 11.1 Å². The van der Waals surface area contributed by atoms with Gasteiger partial charge >= 0.3 is 0 Å². The lowest BCUT2D eigenvalue weighted by atomic mass is 10.2. The Labute approximate surface area is 94.4 Å². The molecule has 1 unspecified atom stereocenters. The van der Waals surface area contributed by atoms with Gasteiger partial charge in [0.2, 0.25) is 0 Å². The standard InChI is InChI=1S/C11H16N4O/c12-11(13)9-4-1-5-10(14-9)15-6-2-3-8(15)7-16/h1,4-5,8,16H,2-3,6-7H2,(H3,12,13). The SMILES string of the molecule is N=C(N)c1cccc(N2CCCC2CO)n1. The van der Waals surface area contributed by atoms with Gasteiger partial charge in [-0.1, -0.05) is 6.07 Å². The molecule has 86 valence electrons. The molecule has 5 heteroatoms. The zero-order chi connectivity index (χ0) is 11.5. The molecule has 4 N–H and O–H groups in total. The molecule has 5 nitrogen and oxygen atoms in total. The van der Waals surface area contributed by atoms with Crippen LogP contribution < -0.4 is 10.6 Å². The maximum absolute atomic E-state index is 9.24. The number of hydrogen-bond donors (Lipinski definition) is 3. The summed E-state index contributed by atoms with van der Waals surface area (Å²) in [6.07, 6.45) is 2.06. The number of anilines is 1. The number of aliphatic hydroxyl groups is 1. The summed E-state index contributed by atoms with van der Waals surface area (Å²) in [6, 6.07) is 5.59. The van der Waals surface area contributed by atoms with Gasteiger partial charge in [0.05, 0.1) is 12.6 Å². The van der Waals surface area contributed by atoms with Crippen LogP contribution in [-0.4, -0.2) is 35.1 Å². The number of nitrogens with two attached hydrogens (primary N) is 1. The van der Waals surface area contributed by atoms with Gasteiger partial charge in [0.25, 0.3) is 0 Å². The van der Waals surface area contributed by atoms with E-state index in [0.717, 1.165) is 25.2 Å². The number of aliphatic hydroxyl groups excluding tert-OH is 1. The van der Waals surface area contributed by atoms with Crippen LogP contribution >= 0.6 is 0 Å². The minimum atomic E-state index is -0.0263. The van der Waals surface area contributed by atoms with Crippen LogP contribution in [0.3, 0.4) is 0 Å². The summed E-state index contributed by atoms with van der Waals surface area (Å²) in [7, 11) is 0. The second kappa shape index (κ2) is 4.49. The minimum absolute atomic E-state index is 0.0263. The molecule has 0 aromatic carbocycles. The lowest BCUT2D eigenvalue weighted by molar-refractivity contribution is 0.266. The van der Waals surface area contributed by atoms with Crippen molar-refractivity contribution in [1.82, 2.24) is 4.98 Å². The van der Waals surface area contributed by atoms with E-state index in [1.54, 1.807) is 6.07 Å². The zero-order valence-electron chi connectivity index (χ0n) is 9.06. The van der Waals surface area contributed by atoms with Crippen molar-refractivity contribution in [2.45, 2.75) is 18.9 Å². The smallest absolute Gasteiger partial charge is 0.141 e. The Kier molecular flexibility index (Phi) is 3.05. The fraction of sp³-hybridized carbons (Fsp3) is 0.455. The van der Waals surface area contributed by atoms with Crippen LogP contribution in [0.2, 0.25) is 0 Å². The highest BCUT2D eigenvalue weighted by Gasteiger charge is 2.24.